The minimum atomic E-state index is 0.107. The molecule has 130 valence electrons. The second-order valence-corrected chi connectivity index (χ2v) is 7.24. The number of nitrogens with zero attached hydrogens (tertiary/aromatic N) is 3. The summed E-state index contributed by atoms with van der Waals surface area (Å²) in [6.45, 7) is 0.486. The Morgan fingerprint density at radius 2 is 1.92 bits per heavy atom. The SMILES string of the molecule is NCc1ccccc1Sc1ccc2nnc(-c3cc(Cl)ccc3O)n2c1. The van der Waals surface area contributed by atoms with E-state index in [4.69, 9.17) is 17.3 Å². The predicted octanol–water partition coefficient (Wildman–Crippen LogP) is 4.37. The first kappa shape index (κ1) is 16.9. The van der Waals surface area contributed by atoms with Gasteiger partial charge in [-0.3, -0.25) is 4.40 Å². The van der Waals surface area contributed by atoms with E-state index in [1.165, 1.54) is 0 Å². The monoisotopic (exact) mass is 382 g/mol. The Kier molecular flexibility index (Phi) is 4.55. The Labute approximate surface area is 159 Å². The van der Waals surface area contributed by atoms with Gasteiger partial charge in [-0.25, -0.2) is 0 Å². The highest BCUT2D eigenvalue weighted by Gasteiger charge is 2.14. The molecule has 0 saturated heterocycles. The predicted molar refractivity (Wildman–Crippen MR) is 104 cm³/mol. The minimum Gasteiger partial charge on any atom is -0.507 e. The van der Waals surface area contributed by atoms with Gasteiger partial charge in [0.15, 0.2) is 11.5 Å². The van der Waals surface area contributed by atoms with E-state index in [9.17, 15) is 5.11 Å². The fraction of sp³-hybridized carbons (Fsp3) is 0.0526. The van der Waals surface area contributed by atoms with Crippen LogP contribution in [0.15, 0.2) is 70.6 Å². The molecule has 0 spiro atoms. The van der Waals surface area contributed by atoms with Crippen LogP contribution in [-0.4, -0.2) is 19.7 Å². The van der Waals surface area contributed by atoms with Gasteiger partial charge in [0.05, 0.1) is 5.56 Å². The summed E-state index contributed by atoms with van der Waals surface area (Å²) in [6, 6.07) is 16.8. The molecule has 0 amide bonds. The summed E-state index contributed by atoms with van der Waals surface area (Å²) < 4.78 is 1.85. The van der Waals surface area contributed by atoms with E-state index in [2.05, 4.69) is 10.2 Å². The Bertz CT molecular complexity index is 1100. The molecule has 7 heteroatoms. The number of fused-ring (bicyclic) bond motifs is 1. The molecule has 0 aliphatic heterocycles. The smallest absolute Gasteiger partial charge is 0.172 e. The lowest BCUT2D eigenvalue weighted by Crippen LogP contribution is -1.97. The summed E-state index contributed by atoms with van der Waals surface area (Å²) in [5.41, 5.74) is 8.15. The van der Waals surface area contributed by atoms with Crippen molar-refractivity contribution in [1.82, 2.24) is 14.6 Å². The molecule has 0 bridgehead atoms. The molecule has 3 N–H and O–H groups in total. The van der Waals surface area contributed by atoms with Crippen LogP contribution < -0.4 is 5.73 Å². The molecule has 2 aromatic heterocycles. The molecule has 0 radical (unpaired) electrons. The third-order valence-corrected chi connectivity index (χ3v) is 5.33. The van der Waals surface area contributed by atoms with Crippen molar-refractivity contribution in [2.24, 2.45) is 5.73 Å². The molecular weight excluding hydrogens is 368 g/mol. The minimum absolute atomic E-state index is 0.107. The van der Waals surface area contributed by atoms with Gasteiger partial charge in [-0.2, -0.15) is 0 Å². The Balaban J connectivity index is 1.79. The van der Waals surface area contributed by atoms with Gasteiger partial charge >= 0.3 is 0 Å². The molecule has 0 aliphatic rings. The highest BCUT2D eigenvalue weighted by molar-refractivity contribution is 7.99. The number of hydrogen-bond acceptors (Lipinski definition) is 5. The van der Waals surface area contributed by atoms with E-state index in [-0.39, 0.29) is 5.75 Å². The largest absolute Gasteiger partial charge is 0.507 e. The van der Waals surface area contributed by atoms with E-state index < -0.39 is 0 Å². The van der Waals surface area contributed by atoms with Gasteiger partial charge in [-0.15, -0.1) is 10.2 Å². The molecule has 5 nitrogen and oxygen atoms in total. The van der Waals surface area contributed by atoms with Gasteiger partial charge in [0.2, 0.25) is 0 Å². The van der Waals surface area contributed by atoms with Gasteiger partial charge in [0.1, 0.15) is 5.75 Å². The van der Waals surface area contributed by atoms with Crippen LogP contribution in [-0.2, 0) is 6.54 Å². The lowest BCUT2D eigenvalue weighted by atomic mass is 10.2. The number of pyridine rings is 1. The molecule has 0 fully saturated rings. The number of hydrogen-bond donors (Lipinski definition) is 2. The molecule has 4 aromatic rings. The van der Waals surface area contributed by atoms with Crippen LogP contribution in [0.25, 0.3) is 17.0 Å². The van der Waals surface area contributed by atoms with Crippen molar-refractivity contribution >= 4 is 29.0 Å². The van der Waals surface area contributed by atoms with E-state index in [1.807, 2.05) is 47.0 Å². The maximum atomic E-state index is 10.2. The van der Waals surface area contributed by atoms with Crippen LogP contribution in [0.2, 0.25) is 5.02 Å². The number of halogens is 1. The van der Waals surface area contributed by atoms with Crippen molar-refractivity contribution in [2.45, 2.75) is 16.3 Å². The van der Waals surface area contributed by atoms with E-state index >= 15 is 0 Å². The highest BCUT2D eigenvalue weighted by Crippen LogP contribution is 2.33. The maximum absolute atomic E-state index is 10.2. The summed E-state index contributed by atoms with van der Waals surface area (Å²) in [4.78, 5) is 2.12. The Morgan fingerprint density at radius 3 is 2.77 bits per heavy atom. The van der Waals surface area contributed by atoms with E-state index in [1.54, 1.807) is 30.0 Å². The molecule has 0 saturated carbocycles. The summed E-state index contributed by atoms with van der Waals surface area (Å²) in [5.74, 6) is 0.643. The number of phenolic OH excluding ortho intramolecular Hbond substituents is 1. The zero-order chi connectivity index (χ0) is 18.1. The van der Waals surface area contributed by atoms with Crippen molar-refractivity contribution in [3.05, 3.63) is 71.4 Å². The second kappa shape index (κ2) is 6.99. The molecule has 0 unspecified atom stereocenters. The summed E-state index contributed by atoms with van der Waals surface area (Å²) in [6.07, 6.45) is 1.95. The number of rotatable bonds is 4. The van der Waals surface area contributed by atoms with Crippen molar-refractivity contribution in [3.8, 4) is 17.1 Å². The van der Waals surface area contributed by atoms with Crippen LogP contribution in [0.4, 0.5) is 0 Å². The molecule has 0 atom stereocenters. The number of aromatic nitrogens is 3. The average molecular weight is 383 g/mol. The van der Waals surface area contributed by atoms with Crippen molar-refractivity contribution in [2.75, 3.05) is 0 Å². The second-order valence-electron chi connectivity index (χ2n) is 5.69. The standard InChI is InChI=1S/C19H15ClN4OS/c20-13-5-7-16(25)15(9-13)19-23-22-18-8-6-14(11-24(18)19)26-17-4-2-1-3-12(17)10-21/h1-9,11,25H,10,21H2. The highest BCUT2D eigenvalue weighted by atomic mass is 35.5. The molecular formula is C19H15ClN4OS. The average Bonchev–Trinajstić information content (AvgIpc) is 3.07. The van der Waals surface area contributed by atoms with Crippen LogP contribution in [0.3, 0.4) is 0 Å². The van der Waals surface area contributed by atoms with Crippen molar-refractivity contribution in [3.63, 3.8) is 0 Å². The fourth-order valence-electron chi connectivity index (χ4n) is 2.70. The zero-order valence-electron chi connectivity index (χ0n) is 13.6. The van der Waals surface area contributed by atoms with E-state index in [0.717, 1.165) is 15.4 Å². The van der Waals surface area contributed by atoms with Gasteiger partial charge < -0.3 is 10.8 Å². The normalized spacial score (nSPS) is 11.2. The number of nitrogens with two attached hydrogens (primary N) is 1. The third kappa shape index (κ3) is 3.14. The molecule has 2 heterocycles. The summed E-state index contributed by atoms with van der Waals surface area (Å²) >= 11 is 7.70. The first-order valence-corrected chi connectivity index (χ1v) is 9.14. The van der Waals surface area contributed by atoms with Crippen LogP contribution in [0.1, 0.15) is 5.56 Å². The van der Waals surface area contributed by atoms with Crippen LogP contribution in [0, 0.1) is 0 Å². The number of benzene rings is 2. The zero-order valence-corrected chi connectivity index (χ0v) is 15.2. The molecule has 0 aliphatic carbocycles. The van der Waals surface area contributed by atoms with E-state index in [0.29, 0.717) is 28.6 Å². The molecule has 2 aromatic carbocycles. The van der Waals surface area contributed by atoms with Crippen LogP contribution in [0.5, 0.6) is 5.75 Å². The van der Waals surface area contributed by atoms with Crippen LogP contribution >= 0.6 is 23.4 Å². The topological polar surface area (TPSA) is 76.4 Å². The van der Waals surface area contributed by atoms with Crippen molar-refractivity contribution < 1.29 is 5.11 Å². The van der Waals surface area contributed by atoms with Gasteiger partial charge in [0.25, 0.3) is 0 Å². The summed E-state index contributed by atoms with van der Waals surface area (Å²) in [5, 5.41) is 19.1. The molecule has 4 rings (SSSR count). The van der Waals surface area contributed by atoms with Gasteiger partial charge in [0, 0.05) is 27.6 Å². The number of aromatic hydroxyl groups is 1. The maximum Gasteiger partial charge on any atom is 0.172 e. The lowest BCUT2D eigenvalue weighted by Gasteiger charge is -2.08. The molecule has 26 heavy (non-hydrogen) atoms. The Hall–Kier alpha value is -2.54. The number of phenols is 1. The lowest BCUT2D eigenvalue weighted by molar-refractivity contribution is 0.477. The first-order chi connectivity index (χ1) is 12.7. The third-order valence-electron chi connectivity index (χ3n) is 4.00. The van der Waals surface area contributed by atoms with Crippen molar-refractivity contribution in [1.29, 1.82) is 0 Å². The van der Waals surface area contributed by atoms with Gasteiger partial charge in [-0.05, 0) is 42.0 Å². The fourth-order valence-corrected chi connectivity index (χ4v) is 3.85. The quantitative estimate of drug-likeness (QED) is 0.548. The summed E-state index contributed by atoms with van der Waals surface area (Å²) in [7, 11) is 0. The first-order valence-electron chi connectivity index (χ1n) is 7.95. The Morgan fingerprint density at radius 1 is 1.08 bits per heavy atom. The van der Waals surface area contributed by atoms with Gasteiger partial charge in [-0.1, -0.05) is 41.6 Å².